The van der Waals surface area contributed by atoms with Gasteiger partial charge < -0.3 is 14.6 Å². The predicted octanol–water partition coefficient (Wildman–Crippen LogP) is 2.62. The van der Waals surface area contributed by atoms with E-state index in [-0.39, 0.29) is 22.9 Å². The maximum Gasteiger partial charge on any atom is 0.341 e. The number of benzene rings is 1. The lowest BCUT2D eigenvalue weighted by molar-refractivity contribution is -0.152. The number of carboxylic acid groups (broad SMARTS) is 1. The van der Waals surface area contributed by atoms with Crippen molar-refractivity contribution in [2.24, 2.45) is 5.41 Å². The Balaban J connectivity index is 2.93. The molecule has 0 bridgehead atoms. The van der Waals surface area contributed by atoms with Crippen LogP contribution in [0.5, 0.6) is 5.75 Å². The first kappa shape index (κ1) is 15.3. The lowest BCUT2D eigenvalue weighted by atomic mass is 9.95. The van der Waals surface area contributed by atoms with E-state index < -0.39 is 17.4 Å². The van der Waals surface area contributed by atoms with E-state index in [2.05, 4.69) is 4.74 Å². The van der Waals surface area contributed by atoms with Crippen LogP contribution in [0.4, 0.5) is 0 Å². The van der Waals surface area contributed by atoms with Gasteiger partial charge in [0.15, 0.2) is 0 Å². The van der Waals surface area contributed by atoms with E-state index in [0.717, 1.165) is 0 Å². The molecular formula is C13H15ClO5. The summed E-state index contributed by atoms with van der Waals surface area (Å²) in [7, 11) is 1.28. The van der Waals surface area contributed by atoms with Crippen molar-refractivity contribution in [1.82, 2.24) is 0 Å². The Morgan fingerprint density at radius 3 is 2.53 bits per heavy atom. The first-order valence-corrected chi connectivity index (χ1v) is 5.90. The van der Waals surface area contributed by atoms with Crippen molar-refractivity contribution in [1.29, 1.82) is 0 Å². The van der Waals surface area contributed by atoms with Gasteiger partial charge in [-0.15, -0.1) is 0 Å². The van der Waals surface area contributed by atoms with Crippen LogP contribution in [0.2, 0.25) is 5.02 Å². The summed E-state index contributed by atoms with van der Waals surface area (Å²) in [6.45, 7) is 3.27. The number of aromatic carboxylic acids is 1. The SMILES string of the molecule is COC(=O)C(C)(C)COc1cccc(Cl)c1C(=O)O. The highest BCUT2D eigenvalue weighted by atomic mass is 35.5. The third-order valence-corrected chi connectivity index (χ3v) is 2.83. The van der Waals surface area contributed by atoms with Crippen LogP contribution >= 0.6 is 11.6 Å². The zero-order valence-corrected chi connectivity index (χ0v) is 11.7. The van der Waals surface area contributed by atoms with E-state index in [4.69, 9.17) is 21.4 Å². The first-order chi connectivity index (χ1) is 8.79. The number of carboxylic acids is 1. The summed E-state index contributed by atoms with van der Waals surface area (Å²) in [5.74, 6) is -1.50. The predicted molar refractivity (Wildman–Crippen MR) is 69.7 cm³/mol. The minimum atomic E-state index is -1.18. The van der Waals surface area contributed by atoms with Gasteiger partial charge in [0.1, 0.15) is 17.9 Å². The fourth-order valence-corrected chi connectivity index (χ4v) is 1.67. The van der Waals surface area contributed by atoms with Gasteiger partial charge in [-0.05, 0) is 26.0 Å². The summed E-state index contributed by atoms with van der Waals surface area (Å²) >= 11 is 5.81. The van der Waals surface area contributed by atoms with Gasteiger partial charge in [0, 0.05) is 0 Å². The van der Waals surface area contributed by atoms with Gasteiger partial charge in [-0.1, -0.05) is 17.7 Å². The van der Waals surface area contributed by atoms with Gasteiger partial charge in [0.25, 0.3) is 0 Å². The standard InChI is InChI=1S/C13H15ClO5/c1-13(2,12(17)18-3)7-19-9-6-4-5-8(14)10(9)11(15)16/h4-6H,7H2,1-3H3,(H,15,16). The van der Waals surface area contributed by atoms with E-state index in [1.54, 1.807) is 19.9 Å². The molecule has 0 amide bonds. The van der Waals surface area contributed by atoms with Crippen LogP contribution in [0.1, 0.15) is 24.2 Å². The van der Waals surface area contributed by atoms with Crippen molar-refractivity contribution >= 4 is 23.5 Å². The second kappa shape index (κ2) is 5.93. The van der Waals surface area contributed by atoms with E-state index in [9.17, 15) is 9.59 Å². The van der Waals surface area contributed by atoms with Crippen molar-refractivity contribution in [2.45, 2.75) is 13.8 Å². The molecule has 1 rings (SSSR count). The van der Waals surface area contributed by atoms with Crippen LogP contribution in [0.15, 0.2) is 18.2 Å². The molecule has 19 heavy (non-hydrogen) atoms. The Bertz CT molecular complexity index is 496. The average molecular weight is 287 g/mol. The van der Waals surface area contributed by atoms with Gasteiger partial charge in [-0.25, -0.2) is 4.79 Å². The summed E-state index contributed by atoms with van der Waals surface area (Å²) in [6, 6.07) is 4.53. The van der Waals surface area contributed by atoms with E-state index in [1.807, 2.05) is 0 Å². The molecule has 0 saturated carbocycles. The maximum atomic E-state index is 11.5. The highest BCUT2D eigenvalue weighted by Gasteiger charge is 2.30. The number of hydrogen-bond acceptors (Lipinski definition) is 4. The molecule has 5 nitrogen and oxygen atoms in total. The summed E-state index contributed by atoms with van der Waals surface area (Å²) in [5.41, 5.74) is -1.00. The normalized spacial score (nSPS) is 10.9. The van der Waals surface area contributed by atoms with E-state index in [0.29, 0.717) is 0 Å². The molecule has 0 atom stereocenters. The number of halogens is 1. The molecule has 0 aliphatic rings. The van der Waals surface area contributed by atoms with Crippen LogP contribution in [0, 0.1) is 5.41 Å². The minimum Gasteiger partial charge on any atom is -0.491 e. The highest BCUT2D eigenvalue weighted by molar-refractivity contribution is 6.33. The Labute approximate surface area is 116 Å². The van der Waals surface area contributed by atoms with E-state index in [1.165, 1.54) is 19.2 Å². The Morgan fingerprint density at radius 1 is 1.37 bits per heavy atom. The van der Waals surface area contributed by atoms with Crippen molar-refractivity contribution in [2.75, 3.05) is 13.7 Å². The molecule has 0 heterocycles. The van der Waals surface area contributed by atoms with Crippen molar-refractivity contribution in [3.8, 4) is 5.75 Å². The Kier molecular flexibility index (Phi) is 4.78. The van der Waals surface area contributed by atoms with Crippen LogP contribution in [0.25, 0.3) is 0 Å². The summed E-state index contributed by atoms with van der Waals surface area (Å²) in [6.07, 6.45) is 0. The van der Waals surface area contributed by atoms with Crippen LogP contribution in [0.3, 0.4) is 0 Å². The molecular weight excluding hydrogens is 272 g/mol. The third kappa shape index (κ3) is 3.61. The topological polar surface area (TPSA) is 72.8 Å². The monoisotopic (exact) mass is 286 g/mol. The number of methoxy groups -OCH3 is 1. The lowest BCUT2D eigenvalue weighted by Gasteiger charge is -2.22. The van der Waals surface area contributed by atoms with Gasteiger partial charge >= 0.3 is 11.9 Å². The summed E-state index contributed by atoms with van der Waals surface area (Å²) in [5, 5.41) is 9.16. The van der Waals surface area contributed by atoms with Crippen molar-refractivity contribution < 1.29 is 24.2 Å². The number of carbonyl (C=O) groups is 2. The molecule has 0 aromatic heterocycles. The number of esters is 1. The van der Waals surface area contributed by atoms with Crippen molar-refractivity contribution in [3.05, 3.63) is 28.8 Å². The second-order valence-corrected chi connectivity index (χ2v) is 4.99. The lowest BCUT2D eigenvalue weighted by Crippen LogP contribution is -2.32. The molecule has 1 N–H and O–H groups in total. The molecule has 0 aliphatic heterocycles. The molecule has 1 aromatic rings. The number of ether oxygens (including phenoxy) is 2. The average Bonchev–Trinajstić information content (AvgIpc) is 2.34. The largest absolute Gasteiger partial charge is 0.491 e. The van der Waals surface area contributed by atoms with Gasteiger partial charge in [0.2, 0.25) is 0 Å². The molecule has 0 unspecified atom stereocenters. The third-order valence-electron chi connectivity index (χ3n) is 2.52. The molecule has 1 aromatic carbocycles. The highest BCUT2D eigenvalue weighted by Crippen LogP contribution is 2.28. The van der Waals surface area contributed by atoms with E-state index >= 15 is 0 Å². The van der Waals surface area contributed by atoms with Gasteiger partial charge in [0.05, 0.1) is 17.5 Å². The molecule has 0 spiro atoms. The minimum absolute atomic E-state index is 0.0136. The molecule has 0 aliphatic carbocycles. The molecule has 0 fully saturated rings. The number of rotatable bonds is 5. The second-order valence-electron chi connectivity index (χ2n) is 4.58. The number of hydrogen-bond donors (Lipinski definition) is 1. The number of carbonyl (C=O) groups excluding carboxylic acids is 1. The maximum absolute atomic E-state index is 11.5. The molecule has 104 valence electrons. The van der Waals surface area contributed by atoms with Crippen LogP contribution in [-0.2, 0) is 9.53 Å². The summed E-state index contributed by atoms with van der Waals surface area (Å²) < 4.78 is 10.0. The first-order valence-electron chi connectivity index (χ1n) is 5.52. The quantitative estimate of drug-likeness (QED) is 0.842. The zero-order chi connectivity index (χ0) is 14.6. The molecule has 0 saturated heterocycles. The van der Waals surface area contributed by atoms with Gasteiger partial charge in [-0.3, -0.25) is 4.79 Å². The Morgan fingerprint density at radius 2 is 2.00 bits per heavy atom. The van der Waals surface area contributed by atoms with Crippen LogP contribution in [-0.4, -0.2) is 30.8 Å². The smallest absolute Gasteiger partial charge is 0.341 e. The fraction of sp³-hybridized carbons (Fsp3) is 0.385. The zero-order valence-electron chi connectivity index (χ0n) is 10.9. The van der Waals surface area contributed by atoms with Crippen molar-refractivity contribution in [3.63, 3.8) is 0 Å². The van der Waals surface area contributed by atoms with Crippen LogP contribution < -0.4 is 4.74 Å². The molecule has 6 heteroatoms. The van der Waals surface area contributed by atoms with Gasteiger partial charge in [-0.2, -0.15) is 0 Å². The fourth-order valence-electron chi connectivity index (χ4n) is 1.43. The summed E-state index contributed by atoms with van der Waals surface area (Å²) in [4.78, 5) is 22.6. The molecule has 0 radical (unpaired) electrons. The Hall–Kier alpha value is -1.75.